The van der Waals surface area contributed by atoms with Crippen LogP contribution in [0.15, 0.2) is 0 Å². The van der Waals surface area contributed by atoms with Crippen LogP contribution in [0, 0.1) is 5.92 Å². The molecule has 0 saturated carbocycles. The number of carbonyl (C=O) groups excluding carboxylic acids is 1. The van der Waals surface area contributed by atoms with Crippen LogP contribution >= 0.6 is 0 Å². The highest BCUT2D eigenvalue weighted by Gasteiger charge is 2.34. The first kappa shape index (κ1) is 18.4. The Bertz CT molecular complexity index is 258. The van der Waals surface area contributed by atoms with Gasteiger partial charge in [0, 0.05) is 13.0 Å². The Morgan fingerprint density at radius 2 is 1.89 bits per heavy atom. The first-order valence-corrected chi connectivity index (χ1v) is 6.82. The molecule has 0 amide bonds. The number of hydrogen-bond acceptors (Lipinski definition) is 5. The average Bonchev–Trinajstić information content (AvgIpc) is 2.36. The molecule has 0 spiro atoms. The first-order valence-electron chi connectivity index (χ1n) is 6.82. The van der Waals surface area contributed by atoms with Gasteiger partial charge in [0.05, 0.1) is 26.4 Å². The van der Waals surface area contributed by atoms with Crippen LogP contribution in [0.3, 0.4) is 0 Å². The third-order valence-electron chi connectivity index (χ3n) is 2.96. The van der Waals surface area contributed by atoms with Crippen LogP contribution in [0.1, 0.15) is 34.1 Å². The number of nitrogens with one attached hydrogen (secondary N) is 1. The SMILES string of the molecule is CNC(C)(CC(C)OCCOCC(C)C)C(=O)OC. The van der Waals surface area contributed by atoms with Crippen molar-refractivity contribution < 1.29 is 19.0 Å². The van der Waals surface area contributed by atoms with Gasteiger partial charge in [-0.25, -0.2) is 0 Å². The van der Waals surface area contributed by atoms with Gasteiger partial charge in [-0.05, 0) is 26.8 Å². The van der Waals surface area contributed by atoms with Gasteiger partial charge >= 0.3 is 5.97 Å². The highest BCUT2D eigenvalue weighted by molar-refractivity contribution is 5.80. The van der Waals surface area contributed by atoms with E-state index < -0.39 is 5.54 Å². The maximum Gasteiger partial charge on any atom is 0.325 e. The van der Waals surface area contributed by atoms with E-state index in [4.69, 9.17) is 14.2 Å². The molecule has 0 rings (SSSR count). The topological polar surface area (TPSA) is 56.8 Å². The Kier molecular flexibility index (Phi) is 8.97. The lowest BCUT2D eigenvalue weighted by Crippen LogP contribution is -2.50. The van der Waals surface area contributed by atoms with E-state index in [0.717, 1.165) is 6.61 Å². The van der Waals surface area contributed by atoms with E-state index in [9.17, 15) is 4.79 Å². The highest BCUT2D eigenvalue weighted by Crippen LogP contribution is 2.15. The van der Waals surface area contributed by atoms with Gasteiger partial charge in [0.25, 0.3) is 0 Å². The summed E-state index contributed by atoms with van der Waals surface area (Å²) in [4.78, 5) is 11.7. The summed E-state index contributed by atoms with van der Waals surface area (Å²) in [6.07, 6.45) is 0.513. The normalized spacial score (nSPS) is 16.2. The summed E-state index contributed by atoms with van der Waals surface area (Å²) in [5, 5.41) is 2.99. The molecule has 0 radical (unpaired) electrons. The van der Waals surface area contributed by atoms with E-state index >= 15 is 0 Å². The molecular formula is C14H29NO4. The molecule has 0 aromatic rings. The van der Waals surface area contributed by atoms with E-state index in [1.807, 2.05) is 13.8 Å². The molecule has 0 heterocycles. The Hall–Kier alpha value is -0.650. The second kappa shape index (κ2) is 9.28. The van der Waals surface area contributed by atoms with Crippen molar-refractivity contribution in [3.05, 3.63) is 0 Å². The second-order valence-electron chi connectivity index (χ2n) is 5.43. The maximum atomic E-state index is 11.7. The smallest absolute Gasteiger partial charge is 0.325 e. The predicted octanol–water partition coefficient (Wildman–Crippen LogP) is 1.61. The van der Waals surface area contributed by atoms with Crippen molar-refractivity contribution in [3.8, 4) is 0 Å². The summed E-state index contributed by atoms with van der Waals surface area (Å²) >= 11 is 0. The van der Waals surface area contributed by atoms with Crippen molar-refractivity contribution in [2.75, 3.05) is 34.0 Å². The van der Waals surface area contributed by atoms with Gasteiger partial charge in [-0.3, -0.25) is 4.79 Å². The Balaban J connectivity index is 3.95. The lowest BCUT2D eigenvalue weighted by atomic mass is 9.95. The Morgan fingerprint density at radius 3 is 2.37 bits per heavy atom. The lowest BCUT2D eigenvalue weighted by Gasteiger charge is -2.29. The van der Waals surface area contributed by atoms with Gasteiger partial charge in [0.1, 0.15) is 5.54 Å². The van der Waals surface area contributed by atoms with Crippen molar-refractivity contribution in [2.45, 2.75) is 45.8 Å². The zero-order valence-electron chi connectivity index (χ0n) is 13.1. The molecule has 5 nitrogen and oxygen atoms in total. The van der Waals surface area contributed by atoms with Crippen LogP contribution in [-0.4, -0.2) is 51.6 Å². The molecule has 114 valence electrons. The Morgan fingerprint density at radius 1 is 1.26 bits per heavy atom. The zero-order chi connectivity index (χ0) is 14.9. The van der Waals surface area contributed by atoms with Crippen molar-refractivity contribution >= 4 is 5.97 Å². The molecule has 2 atom stereocenters. The molecule has 0 bridgehead atoms. The summed E-state index contributed by atoms with van der Waals surface area (Å²) in [6, 6.07) is 0. The minimum Gasteiger partial charge on any atom is -0.468 e. The molecule has 5 heteroatoms. The van der Waals surface area contributed by atoms with E-state index in [1.165, 1.54) is 7.11 Å². The molecule has 0 aromatic heterocycles. The second-order valence-corrected chi connectivity index (χ2v) is 5.43. The van der Waals surface area contributed by atoms with Crippen LogP contribution in [0.25, 0.3) is 0 Å². The number of likely N-dealkylation sites (N-methyl/N-ethyl adjacent to an activating group) is 1. The lowest BCUT2D eigenvalue weighted by molar-refractivity contribution is -0.149. The standard InChI is InChI=1S/C14H29NO4/c1-11(2)10-18-7-8-19-12(3)9-14(4,15-5)13(16)17-6/h11-12,15H,7-10H2,1-6H3. The summed E-state index contributed by atoms with van der Waals surface area (Å²) in [5.41, 5.74) is -0.715. The minimum atomic E-state index is -0.715. The summed E-state index contributed by atoms with van der Waals surface area (Å²) in [7, 11) is 3.14. The zero-order valence-corrected chi connectivity index (χ0v) is 13.1. The molecule has 0 aliphatic carbocycles. The molecule has 0 fully saturated rings. The Labute approximate surface area is 117 Å². The van der Waals surface area contributed by atoms with Crippen LogP contribution < -0.4 is 5.32 Å². The number of methoxy groups -OCH3 is 1. The minimum absolute atomic E-state index is 0.0424. The number of ether oxygens (including phenoxy) is 3. The van der Waals surface area contributed by atoms with E-state index in [2.05, 4.69) is 19.2 Å². The largest absolute Gasteiger partial charge is 0.468 e. The first-order chi connectivity index (χ1) is 8.85. The van der Waals surface area contributed by atoms with Crippen molar-refractivity contribution in [1.29, 1.82) is 0 Å². The fraction of sp³-hybridized carbons (Fsp3) is 0.929. The van der Waals surface area contributed by atoms with E-state index in [-0.39, 0.29) is 12.1 Å². The summed E-state index contributed by atoms with van der Waals surface area (Å²) in [6.45, 7) is 9.84. The van der Waals surface area contributed by atoms with Crippen molar-refractivity contribution in [1.82, 2.24) is 5.32 Å². The van der Waals surface area contributed by atoms with Gasteiger partial charge < -0.3 is 19.5 Å². The van der Waals surface area contributed by atoms with Crippen molar-refractivity contribution in [2.24, 2.45) is 5.92 Å². The predicted molar refractivity (Wildman–Crippen MR) is 75.2 cm³/mol. The van der Waals surface area contributed by atoms with Gasteiger partial charge in [-0.15, -0.1) is 0 Å². The molecule has 0 aliphatic rings. The van der Waals surface area contributed by atoms with E-state index in [0.29, 0.717) is 25.6 Å². The highest BCUT2D eigenvalue weighted by atomic mass is 16.5. The van der Waals surface area contributed by atoms with Gasteiger partial charge in [0.15, 0.2) is 0 Å². The van der Waals surface area contributed by atoms with Gasteiger partial charge in [-0.1, -0.05) is 13.8 Å². The van der Waals surface area contributed by atoms with Crippen molar-refractivity contribution in [3.63, 3.8) is 0 Å². The molecule has 2 unspecified atom stereocenters. The summed E-state index contributed by atoms with van der Waals surface area (Å²) < 4.78 is 15.9. The quantitative estimate of drug-likeness (QED) is 0.485. The van der Waals surface area contributed by atoms with Crippen LogP contribution in [0.2, 0.25) is 0 Å². The maximum absolute atomic E-state index is 11.7. The molecule has 19 heavy (non-hydrogen) atoms. The number of hydrogen-bond donors (Lipinski definition) is 1. The number of rotatable bonds is 10. The third kappa shape index (κ3) is 7.50. The fourth-order valence-electron chi connectivity index (χ4n) is 1.77. The fourth-order valence-corrected chi connectivity index (χ4v) is 1.77. The number of esters is 1. The molecule has 0 saturated heterocycles. The van der Waals surface area contributed by atoms with Crippen LogP contribution in [-0.2, 0) is 19.0 Å². The molecule has 1 N–H and O–H groups in total. The third-order valence-corrected chi connectivity index (χ3v) is 2.96. The molecule has 0 aromatic carbocycles. The monoisotopic (exact) mass is 275 g/mol. The van der Waals surface area contributed by atoms with Gasteiger partial charge in [0.2, 0.25) is 0 Å². The van der Waals surface area contributed by atoms with Crippen LogP contribution in [0.4, 0.5) is 0 Å². The van der Waals surface area contributed by atoms with E-state index in [1.54, 1.807) is 7.05 Å². The molecular weight excluding hydrogens is 246 g/mol. The average molecular weight is 275 g/mol. The van der Waals surface area contributed by atoms with Crippen LogP contribution in [0.5, 0.6) is 0 Å². The molecule has 0 aliphatic heterocycles. The number of carbonyl (C=O) groups is 1. The summed E-state index contributed by atoms with van der Waals surface area (Å²) in [5.74, 6) is 0.255. The van der Waals surface area contributed by atoms with Gasteiger partial charge in [-0.2, -0.15) is 0 Å².